The summed E-state index contributed by atoms with van der Waals surface area (Å²) in [6.07, 6.45) is 1.75. The Bertz CT molecular complexity index is 1770. The molecule has 0 fully saturated rings. The summed E-state index contributed by atoms with van der Waals surface area (Å²) in [6, 6.07) is 54.5. The van der Waals surface area contributed by atoms with Crippen molar-refractivity contribution in [3.05, 3.63) is 170 Å². The van der Waals surface area contributed by atoms with Crippen LogP contribution in [0, 0.1) is 0 Å². The molecular formula is C40H34N2O2. The molecule has 4 nitrogen and oxygen atoms in total. The Morgan fingerprint density at radius 3 is 1.16 bits per heavy atom. The lowest BCUT2D eigenvalue weighted by Gasteiger charge is -2.26. The molecule has 0 saturated carbocycles. The summed E-state index contributed by atoms with van der Waals surface area (Å²) in [5.41, 5.74) is 8.76. The van der Waals surface area contributed by atoms with Crippen LogP contribution in [0.4, 0.5) is 34.1 Å². The second-order valence-corrected chi connectivity index (χ2v) is 10.2. The van der Waals surface area contributed by atoms with Crippen LogP contribution in [-0.4, -0.2) is 13.7 Å². The Morgan fingerprint density at radius 2 is 0.795 bits per heavy atom. The van der Waals surface area contributed by atoms with Gasteiger partial charge in [-0.1, -0.05) is 73.3 Å². The summed E-state index contributed by atoms with van der Waals surface area (Å²) in [7, 11) is 1.69. The molecule has 0 spiro atoms. The lowest BCUT2D eigenvalue weighted by atomic mass is 10.0. The van der Waals surface area contributed by atoms with E-state index >= 15 is 0 Å². The molecule has 0 atom stereocenters. The first kappa shape index (κ1) is 28.4. The molecule has 6 rings (SSSR count). The van der Waals surface area contributed by atoms with E-state index in [0.717, 1.165) is 56.8 Å². The fraction of sp³-hybridized carbons (Fsp3) is 0.0500. The van der Waals surface area contributed by atoms with Crippen molar-refractivity contribution in [1.82, 2.24) is 0 Å². The van der Waals surface area contributed by atoms with Crippen molar-refractivity contribution >= 4 is 34.1 Å². The molecule has 0 aliphatic heterocycles. The summed E-state index contributed by atoms with van der Waals surface area (Å²) in [4.78, 5) is 4.49. The fourth-order valence-corrected chi connectivity index (χ4v) is 5.23. The number of anilines is 6. The third-order valence-corrected chi connectivity index (χ3v) is 7.41. The van der Waals surface area contributed by atoms with E-state index in [1.54, 1.807) is 13.2 Å². The Kier molecular flexibility index (Phi) is 8.70. The molecule has 0 heterocycles. The quantitative estimate of drug-likeness (QED) is 0.144. The highest BCUT2D eigenvalue weighted by atomic mass is 16.5. The average Bonchev–Trinajstić information content (AvgIpc) is 3.10. The van der Waals surface area contributed by atoms with Crippen LogP contribution in [0.2, 0.25) is 0 Å². The third-order valence-electron chi connectivity index (χ3n) is 7.41. The predicted octanol–water partition coefficient (Wildman–Crippen LogP) is 10.9. The van der Waals surface area contributed by atoms with Gasteiger partial charge in [0.25, 0.3) is 0 Å². The van der Waals surface area contributed by atoms with Crippen LogP contribution < -0.4 is 19.3 Å². The molecule has 4 heteroatoms. The van der Waals surface area contributed by atoms with E-state index in [-0.39, 0.29) is 0 Å². The Balaban J connectivity index is 1.28. The predicted molar refractivity (Wildman–Crippen MR) is 183 cm³/mol. The van der Waals surface area contributed by atoms with Gasteiger partial charge in [0.15, 0.2) is 0 Å². The number of benzene rings is 6. The van der Waals surface area contributed by atoms with E-state index in [1.165, 1.54) is 0 Å². The van der Waals surface area contributed by atoms with Gasteiger partial charge in [-0.3, -0.25) is 0 Å². The van der Waals surface area contributed by atoms with Crippen LogP contribution in [0.3, 0.4) is 0 Å². The molecule has 44 heavy (non-hydrogen) atoms. The smallest absolute Gasteiger partial charge is 0.119 e. The fourth-order valence-electron chi connectivity index (χ4n) is 5.23. The number of hydrogen-bond acceptors (Lipinski definition) is 4. The first-order valence-electron chi connectivity index (χ1n) is 14.6. The Hall–Kier alpha value is -5.74. The second kappa shape index (κ2) is 13.5. The van der Waals surface area contributed by atoms with Crippen molar-refractivity contribution in [2.45, 2.75) is 0 Å². The maximum Gasteiger partial charge on any atom is 0.119 e. The molecule has 0 unspecified atom stereocenters. The van der Waals surface area contributed by atoms with Gasteiger partial charge in [-0.05, 0) is 108 Å². The zero-order valence-corrected chi connectivity index (χ0v) is 24.7. The van der Waals surface area contributed by atoms with Gasteiger partial charge in [0.1, 0.15) is 18.1 Å². The van der Waals surface area contributed by atoms with Crippen molar-refractivity contribution in [3.8, 4) is 22.6 Å². The van der Waals surface area contributed by atoms with E-state index in [9.17, 15) is 0 Å². The molecule has 216 valence electrons. The maximum absolute atomic E-state index is 5.70. The van der Waals surface area contributed by atoms with Gasteiger partial charge in [-0.15, -0.1) is 0 Å². The number of hydrogen-bond donors (Lipinski definition) is 0. The van der Waals surface area contributed by atoms with Gasteiger partial charge < -0.3 is 19.3 Å². The van der Waals surface area contributed by atoms with Gasteiger partial charge in [0, 0.05) is 34.1 Å². The van der Waals surface area contributed by atoms with Crippen LogP contribution in [0.1, 0.15) is 0 Å². The molecule has 0 bridgehead atoms. The molecule has 0 amide bonds. The van der Waals surface area contributed by atoms with Crippen molar-refractivity contribution in [1.29, 1.82) is 0 Å². The molecular weight excluding hydrogens is 540 g/mol. The maximum atomic E-state index is 5.70. The molecule has 0 aliphatic carbocycles. The minimum absolute atomic E-state index is 0.482. The summed E-state index contributed by atoms with van der Waals surface area (Å²) in [6.45, 7) is 4.21. The highest BCUT2D eigenvalue weighted by Gasteiger charge is 2.15. The summed E-state index contributed by atoms with van der Waals surface area (Å²) < 4.78 is 11.1. The van der Waals surface area contributed by atoms with E-state index in [1.807, 2.05) is 36.4 Å². The number of rotatable bonds is 11. The molecule has 0 radical (unpaired) electrons. The van der Waals surface area contributed by atoms with Crippen LogP contribution in [0.15, 0.2) is 170 Å². The normalized spacial score (nSPS) is 10.6. The van der Waals surface area contributed by atoms with Crippen LogP contribution in [-0.2, 0) is 0 Å². The lowest BCUT2D eigenvalue weighted by molar-refractivity contribution is 0.363. The third kappa shape index (κ3) is 6.35. The van der Waals surface area contributed by atoms with Crippen molar-refractivity contribution in [2.75, 3.05) is 23.5 Å². The molecule has 0 N–H and O–H groups in total. The molecule has 0 saturated heterocycles. The highest BCUT2D eigenvalue weighted by molar-refractivity contribution is 5.80. The Morgan fingerprint density at radius 1 is 0.455 bits per heavy atom. The topological polar surface area (TPSA) is 24.9 Å². The number of ether oxygens (including phenoxy) is 2. The second-order valence-electron chi connectivity index (χ2n) is 10.2. The van der Waals surface area contributed by atoms with Gasteiger partial charge in [-0.25, -0.2) is 0 Å². The number of para-hydroxylation sites is 2. The largest absolute Gasteiger partial charge is 0.497 e. The van der Waals surface area contributed by atoms with Crippen molar-refractivity contribution in [2.24, 2.45) is 0 Å². The van der Waals surface area contributed by atoms with Gasteiger partial charge in [0.05, 0.1) is 7.11 Å². The van der Waals surface area contributed by atoms with Crippen molar-refractivity contribution < 1.29 is 9.47 Å². The number of methoxy groups -OCH3 is 1. The van der Waals surface area contributed by atoms with Gasteiger partial charge >= 0.3 is 0 Å². The minimum Gasteiger partial charge on any atom is -0.497 e. The van der Waals surface area contributed by atoms with E-state index < -0.39 is 0 Å². The first-order valence-corrected chi connectivity index (χ1v) is 14.6. The minimum atomic E-state index is 0.482. The zero-order valence-electron chi connectivity index (χ0n) is 24.7. The summed E-state index contributed by atoms with van der Waals surface area (Å²) in [5, 5.41) is 0. The number of nitrogens with zero attached hydrogens (tertiary/aromatic N) is 2. The van der Waals surface area contributed by atoms with Crippen LogP contribution in [0.25, 0.3) is 11.1 Å². The highest BCUT2D eigenvalue weighted by Crippen LogP contribution is 2.38. The first-order chi connectivity index (χ1) is 21.7. The van der Waals surface area contributed by atoms with E-state index in [0.29, 0.717) is 6.61 Å². The monoisotopic (exact) mass is 574 g/mol. The lowest BCUT2D eigenvalue weighted by Crippen LogP contribution is -2.10. The average molecular weight is 575 g/mol. The summed E-state index contributed by atoms with van der Waals surface area (Å²) >= 11 is 0. The van der Waals surface area contributed by atoms with Crippen LogP contribution >= 0.6 is 0 Å². The van der Waals surface area contributed by atoms with E-state index in [2.05, 4.69) is 138 Å². The standard InChI is InChI=1S/C40H34N2O2/c1-3-30-44-40-28-24-38(25-29-40)42(34-12-8-5-9-13-34)36-20-16-32(17-21-36)31-14-18-35(19-15-31)41(33-10-6-4-7-11-33)37-22-26-39(43-2)27-23-37/h3-29H,1,30H2,2H3. The zero-order chi connectivity index (χ0) is 30.1. The molecule has 0 aliphatic rings. The van der Waals surface area contributed by atoms with Gasteiger partial charge in [-0.2, -0.15) is 0 Å². The van der Waals surface area contributed by atoms with Gasteiger partial charge in [0.2, 0.25) is 0 Å². The van der Waals surface area contributed by atoms with Crippen molar-refractivity contribution in [3.63, 3.8) is 0 Å². The molecule has 0 aromatic heterocycles. The summed E-state index contributed by atoms with van der Waals surface area (Å²) in [5.74, 6) is 1.65. The molecule has 6 aromatic carbocycles. The Labute approximate surface area is 259 Å². The van der Waals surface area contributed by atoms with Crippen LogP contribution in [0.5, 0.6) is 11.5 Å². The van der Waals surface area contributed by atoms with E-state index in [4.69, 9.17) is 9.47 Å². The SMILES string of the molecule is C=CCOc1ccc(N(c2ccccc2)c2ccc(-c3ccc(N(c4ccccc4)c4ccc(OC)cc4)cc3)cc2)cc1. The molecule has 6 aromatic rings.